The third kappa shape index (κ3) is 1.81. The molecule has 2 nitrogen and oxygen atoms in total. The quantitative estimate of drug-likeness (QED) is 0.705. The second-order valence-electron chi connectivity index (χ2n) is 4.32. The Morgan fingerprint density at radius 3 is 2.86 bits per heavy atom. The number of nitrogens with two attached hydrogens (primary N) is 2. The summed E-state index contributed by atoms with van der Waals surface area (Å²) in [5, 5.41) is 0. The maximum Gasteiger partial charge on any atom is 0.0266 e. The van der Waals surface area contributed by atoms with Crippen molar-refractivity contribution < 1.29 is 0 Å². The molecule has 0 aliphatic heterocycles. The first-order valence-corrected chi connectivity index (χ1v) is 5.29. The molecule has 2 rings (SSSR count). The molecule has 0 heterocycles. The first-order valence-electron chi connectivity index (χ1n) is 5.29. The van der Waals surface area contributed by atoms with Crippen LogP contribution in [0.1, 0.15) is 36.1 Å². The molecule has 0 bridgehead atoms. The van der Waals surface area contributed by atoms with Gasteiger partial charge >= 0.3 is 0 Å². The molecule has 1 aromatic carbocycles. The van der Waals surface area contributed by atoms with Crippen LogP contribution in [-0.4, -0.2) is 6.04 Å². The summed E-state index contributed by atoms with van der Waals surface area (Å²) in [6, 6.07) is 7.04. The van der Waals surface area contributed by atoms with Crippen molar-refractivity contribution in [2.24, 2.45) is 11.5 Å². The van der Waals surface area contributed by atoms with E-state index in [0.717, 1.165) is 19.3 Å². The van der Waals surface area contributed by atoms with E-state index in [2.05, 4.69) is 18.2 Å². The van der Waals surface area contributed by atoms with Crippen molar-refractivity contribution in [3.05, 3.63) is 34.9 Å². The molecule has 0 aromatic heterocycles. The van der Waals surface area contributed by atoms with E-state index in [9.17, 15) is 0 Å². The molecule has 14 heavy (non-hydrogen) atoms. The van der Waals surface area contributed by atoms with Gasteiger partial charge in [-0.15, -0.1) is 0 Å². The molecule has 1 aromatic rings. The average Bonchev–Trinajstić information content (AvgIpc) is 2.16. The minimum Gasteiger partial charge on any atom is -0.327 e. The number of aryl methyl sites for hydroxylation is 1. The lowest BCUT2D eigenvalue weighted by molar-refractivity contribution is 0.575. The van der Waals surface area contributed by atoms with Crippen LogP contribution < -0.4 is 11.5 Å². The first kappa shape index (κ1) is 9.69. The Morgan fingerprint density at radius 2 is 2.14 bits per heavy atom. The van der Waals surface area contributed by atoms with Gasteiger partial charge in [-0.2, -0.15) is 0 Å². The van der Waals surface area contributed by atoms with E-state index in [1.165, 1.54) is 16.7 Å². The van der Waals surface area contributed by atoms with Gasteiger partial charge in [0.05, 0.1) is 0 Å². The predicted molar refractivity (Wildman–Crippen MR) is 59.0 cm³/mol. The molecule has 2 heteroatoms. The molecule has 4 N–H and O–H groups in total. The number of rotatable bonds is 1. The van der Waals surface area contributed by atoms with Crippen LogP contribution in [0.2, 0.25) is 0 Å². The minimum absolute atomic E-state index is 0.135. The largest absolute Gasteiger partial charge is 0.327 e. The molecule has 0 amide bonds. The summed E-state index contributed by atoms with van der Waals surface area (Å²) in [6.07, 6.45) is 3.24. The van der Waals surface area contributed by atoms with E-state index < -0.39 is 0 Å². The van der Waals surface area contributed by atoms with E-state index >= 15 is 0 Å². The standard InChI is InChI=1S/C12H18N2/c1-8(13)9-2-3-11-7-12(14)5-4-10(11)6-9/h2-3,6,8,12H,4-5,7,13-14H2,1H3/t8-,12+/m1/s1. The Hall–Kier alpha value is -0.860. The highest BCUT2D eigenvalue weighted by atomic mass is 14.6. The van der Waals surface area contributed by atoms with Gasteiger partial charge in [-0.3, -0.25) is 0 Å². The van der Waals surface area contributed by atoms with Gasteiger partial charge in [0, 0.05) is 12.1 Å². The van der Waals surface area contributed by atoms with Gasteiger partial charge in [0.25, 0.3) is 0 Å². The van der Waals surface area contributed by atoms with Crippen LogP contribution >= 0.6 is 0 Å². The molecule has 0 unspecified atom stereocenters. The van der Waals surface area contributed by atoms with E-state index in [-0.39, 0.29) is 6.04 Å². The first-order chi connectivity index (χ1) is 6.66. The van der Waals surface area contributed by atoms with Gasteiger partial charge in [0.2, 0.25) is 0 Å². The fourth-order valence-corrected chi connectivity index (χ4v) is 2.09. The van der Waals surface area contributed by atoms with Gasteiger partial charge in [0.1, 0.15) is 0 Å². The van der Waals surface area contributed by atoms with Gasteiger partial charge in [0.15, 0.2) is 0 Å². The average molecular weight is 190 g/mol. The highest BCUT2D eigenvalue weighted by Crippen LogP contribution is 2.23. The fraction of sp³-hybridized carbons (Fsp3) is 0.500. The van der Waals surface area contributed by atoms with Crippen molar-refractivity contribution in [2.45, 2.75) is 38.3 Å². The van der Waals surface area contributed by atoms with Crippen LogP contribution in [0.3, 0.4) is 0 Å². The Morgan fingerprint density at radius 1 is 1.36 bits per heavy atom. The van der Waals surface area contributed by atoms with Crippen LogP contribution in [0, 0.1) is 0 Å². The number of fused-ring (bicyclic) bond motifs is 1. The van der Waals surface area contributed by atoms with Crippen molar-refractivity contribution in [3.63, 3.8) is 0 Å². The topological polar surface area (TPSA) is 52.0 Å². The highest BCUT2D eigenvalue weighted by Gasteiger charge is 2.15. The van der Waals surface area contributed by atoms with Crippen LogP contribution in [0.15, 0.2) is 18.2 Å². The number of hydrogen-bond donors (Lipinski definition) is 2. The Bertz CT molecular complexity index is 331. The summed E-state index contributed by atoms with van der Waals surface area (Å²) >= 11 is 0. The third-order valence-electron chi connectivity index (χ3n) is 3.02. The molecular weight excluding hydrogens is 172 g/mol. The third-order valence-corrected chi connectivity index (χ3v) is 3.02. The highest BCUT2D eigenvalue weighted by molar-refractivity contribution is 5.35. The summed E-state index contributed by atoms with van der Waals surface area (Å²) in [6.45, 7) is 2.02. The summed E-state index contributed by atoms with van der Waals surface area (Å²) in [5.74, 6) is 0. The molecule has 0 saturated carbocycles. The number of benzene rings is 1. The van der Waals surface area contributed by atoms with E-state index in [0.29, 0.717) is 6.04 Å². The molecule has 0 spiro atoms. The van der Waals surface area contributed by atoms with Crippen molar-refractivity contribution >= 4 is 0 Å². The lowest BCUT2D eigenvalue weighted by Gasteiger charge is -2.22. The second kappa shape index (κ2) is 3.71. The van der Waals surface area contributed by atoms with Gasteiger partial charge in [-0.05, 0) is 42.9 Å². The molecule has 0 radical (unpaired) electrons. The Balaban J connectivity index is 2.31. The summed E-state index contributed by atoms with van der Waals surface area (Å²) < 4.78 is 0. The van der Waals surface area contributed by atoms with Gasteiger partial charge in [-0.25, -0.2) is 0 Å². The summed E-state index contributed by atoms with van der Waals surface area (Å²) in [5.41, 5.74) is 15.9. The van der Waals surface area contributed by atoms with E-state index in [4.69, 9.17) is 11.5 Å². The minimum atomic E-state index is 0.135. The lowest BCUT2D eigenvalue weighted by Crippen LogP contribution is -2.28. The molecule has 0 fully saturated rings. The predicted octanol–water partition coefficient (Wildman–Crippen LogP) is 1.52. The molecule has 0 saturated heterocycles. The molecule has 1 aliphatic carbocycles. The van der Waals surface area contributed by atoms with E-state index in [1.807, 2.05) is 6.92 Å². The Kier molecular flexibility index (Phi) is 2.57. The van der Waals surface area contributed by atoms with Crippen molar-refractivity contribution in [1.29, 1.82) is 0 Å². The molecular formula is C12H18N2. The maximum absolute atomic E-state index is 5.92. The molecule has 1 aliphatic rings. The number of hydrogen-bond acceptors (Lipinski definition) is 2. The normalized spacial score (nSPS) is 22.9. The van der Waals surface area contributed by atoms with Gasteiger partial charge < -0.3 is 11.5 Å². The zero-order chi connectivity index (χ0) is 10.1. The Labute approximate surface area is 85.3 Å². The smallest absolute Gasteiger partial charge is 0.0266 e. The monoisotopic (exact) mass is 190 g/mol. The van der Waals surface area contributed by atoms with Crippen molar-refractivity contribution in [3.8, 4) is 0 Å². The molecule has 76 valence electrons. The lowest BCUT2D eigenvalue weighted by atomic mass is 9.87. The van der Waals surface area contributed by atoms with Crippen molar-refractivity contribution in [1.82, 2.24) is 0 Å². The van der Waals surface area contributed by atoms with Crippen LogP contribution in [0.5, 0.6) is 0 Å². The zero-order valence-corrected chi connectivity index (χ0v) is 8.66. The summed E-state index contributed by atoms with van der Waals surface area (Å²) in [7, 11) is 0. The SMILES string of the molecule is C[C@@H](N)c1ccc2c(c1)CC[C@H](N)C2. The molecule has 2 atom stereocenters. The van der Waals surface area contributed by atoms with Crippen LogP contribution in [0.25, 0.3) is 0 Å². The maximum atomic E-state index is 5.92. The van der Waals surface area contributed by atoms with Crippen LogP contribution in [-0.2, 0) is 12.8 Å². The zero-order valence-electron chi connectivity index (χ0n) is 8.66. The van der Waals surface area contributed by atoms with Gasteiger partial charge in [-0.1, -0.05) is 18.2 Å². The van der Waals surface area contributed by atoms with E-state index in [1.54, 1.807) is 0 Å². The fourth-order valence-electron chi connectivity index (χ4n) is 2.09. The summed E-state index contributed by atoms with van der Waals surface area (Å²) in [4.78, 5) is 0. The second-order valence-corrected chi connectivity index (χ2v) is 4.32. The van der Waals surface area contributed by atoms with Crippen molar-refractivity contribution in [2.75, 3.05) is 0 Å². The van der Waals surface area contributed by atoms with Crippen LogP contribution in [0.4, 0.5) is 0 Å².